The molecule has 1 aliphatic heterocycles. The van der Waals surface area contributed by atoms with E-state index < -0.39 is 0 Å². The van der Waals surface area contributed by atoms with E-state index in [-0.39, 0.29) is 12.4 Å². The second-order valence-electron chi connectivity index (χ2n) is 4.15. The Morgan fingerprint density at radius 3 is 2.76 bits per heavy atom. The van der Waals surface area contributed by atoms with Crippen molar-refractivity contribution in [3.8, 4) is 11.5 Å². The molecule has 2 aromatic heterocycles. The molecule has 0 radical (unpaired) electrons. The lowest BCUT2D eigenvalue weighted by molar-refractivity contribution is 0.446. The van der Waals surface area contributed by atoms with Gasteiger partial charge in [-0.15, -0.1) is 12.4 Å². The summed E-state index contributed by atoms with van der Waals surface area (Å²) in [5, 5.41) is 10.7. The molecule has 3 N–H and O–H groups in total. The number of aromatic nitrogens is 4. The van der Waals surface area contributed by atoms with Crippen LogP contribution in [0.15, 0.2) is 18.3 Å². The van der Waals surface area contributed by atoms with Gasteiger partial charge in [0.1, 0.15) is 0 Å². The van der Waals surface area contributed by atoms with Crippen molar-refractivity contribution in [3.63, 3.8) is 0 Å². The largest absolute Gasteiger partial charge is 0.359 e. The predicted octanol–water partition coefficient (Wildman–Crippen LogP) is 1.69. The monoisotopic (exact) mass is 253 g/mol. The Morgan fingerprint density at radius 1 is 1.24 bits per heavy atom. The van der Waals surface area contributed by atoms with E-state index in [1.807, 2.05) is 18.3 Å². The number of nitrogens with zero attached hydrogens (tertiary/aromatic N) is 2. The lowest BCUT2D eigenvalue weighted by atomic mass is 9.98. The summed E-state index contributed by atoms with van der Waals surface area (Å²) in [4.78, 5) is 7.67. The zero-order valence-electron chi connectivity index (χ0n) is 9.44. The number of hydrogen-bond donors (Lipinski definition) is 3. The van der Waals surface area contributed by atoms with Gasteiger partial charge in [0.15, 0.2) is 11.6 Å². The minimum absolute atomic E-state index is 0. The SMILES string of the molecule is Cl.c1c[nH]c(-c2nc(C3CCNCC3)n[nH]2)c1. The average Bonchev–Trinajstić information content (AvgIpc) is 3.01. The van der Waals surface area contributed by atoms with Crippen molar-refractivity contribution in [2.24, 2.45) is 0 Å². The van der Waals surface area contributed by atoms with E-state index in [1.165, 1.54) is 0 Å². The fourth-order valence-corrected chi connectivity index (χ4v) is 2.14. The summed E-state index contributed by atoms with van der Waals surface area (Å²) in [6, 6.07) is 3.95. The van der Waals surface area contributed by atoms with Gasteiger partial charge < -0.3 is 10.3 Å². The first kappa shape index (κ1) is 12.1. The molecule has 92 valence electrons. The molecule has 0 aliphatic carbocycles. The molecule has 5 nitrogen and oxygen atoms in total. The molecule has 0 spiro atoms. The van der Waals surface area contributed by atoms with Crippen LogP contribution in [0.5, 0.6) is 0 Å². The van der Waals surface area contributed by atoms with E-state index in [2.05, 4.69) is 25.5 Å². The van der Waals surface area contributed by atoms with Crippen molar-refractivity contribution in [3.05, 3.63) is 24.2 Å². The molecule has 0 unspecified atom stereocenters. The zero-order valence-corrected chi connectivity index (χ0v) is 10.3. The highest BCUT2D eigenvalue weighted by Gasteiger charge is 2.19. The molecule has 2 aromatic rings. The normalized spacial score (nSPS) is 16.7. The molecular weight excluding hydrogens is 238 g/mol. The topological polar surface area (TPSA) is 69.4 Å². The molecule has 0 aromatic carbocycles. The van der Waals surface area contributed by atoms with E-state index in [9.17, 15) is 0 Å². The zero-order chi connectivity index (χ0) is 10.8. The Balaban J connectivity index is 0.00000108. The Labute approximate surface area is 106 Å². The number of rotatable bonds is 2. The van der Waals surface area contributed by atoms with Crippen LogP contribution < -0.4 is 5.32 Å². The first-order chi connectivity index (χ1) is 7.93. The molecule has 3 heterocycles. The van der Waals surface area contributed by atoms with Crippen molar-refractivity contribution in [2.45, 2.75) is 18.8 Å². The minimum atomic E-state index is 0. The van der Waals surface area contributed by atoms with Crippen molar-refractivity contribution >= 4 is 12.4 Å². The van der Waals surface area contributed by atoms with Gasteiger partial charge in [0.25, 0.3) is 0 Å². The standard InChI is InChI=1S/C11H15N5.ClH/c1-2-9(13-5-1)11-14-10(15-16-11)8-3-6-12-7-4-8;/h1-2,5,8,12-13H,3-4,6-7H2,(H,14,15,16);1H. The molecule has 1 fully saturated rings. The molecule has 0 amide bonds. The van der Waals surface area contributed by atoms with Crippen molar-refractivity contribution in [1.29, 1.82) is 0 Å². The van der Waals surface area contributed by atoms with Crippen LogP contribution in [0.3, 0.4) is 0 Å². The summed E-state index contributed by atoms with van der Waals surface area (Å²) >= 11 is 0. The number of hydrogen-bond acceptors (Lipinski definition) is 3. The van der Waals surface area contributed by atoms with Gasteiger partial charge in [-0.1, -0.05) is 0 Å². The highest BCUT2D eigenvalue weighted by Crippen LogP contribution is 2.23. The van der Waals surface area contributed by atoms with Gasteiger partial charge in [0.05, 0.1) is 5.69 Å². The average molecular weight is 254 g/mol. The number of aromatic amines is 2. The van der Waals surface area contributed by atoms with Gasteiger partial charge >= 0.3 is 0 Å². The van der Waals surface area contributed by atoms with E-state index in [0.29, 0.717) is 5.92 Å². The second-order valence-corrected chi connectivity index (χ2v) is 4.15. The number of halogens is 1. The first-order valence-corrected chi connectivity index (χ1v) is 5.70. The number of H-pyrrole nitrogens is 2. The van der Waals surface area contributed by atoms with E-state index in [4.69, 9.17) is 0 Å². The summed E-state index contributed by atoms with van der Waals surface area (Å²) in [6.07, 6.45) is 4.14. The second kappa shape index (κ2) is 5.33. The van der Waals surface area contributed by atoms with Crippen LogP contribution in [0.4, 0.5) is 0 Å². The maximum Gasteiger partial charge on any atom is 0.172 e. The van der Waals surface area contributed by atoms with Gasteiger partial charge in [-0.2, -0.15) is 5.10 Å². The summed E-state index contributed by atoms with van der Waals surface area (Å²) in [7, 11) is 0. The number of piperidine rings is 1. The Bertz CT molecular complexity index is 444. The smallest absolute Gasteiger partial charge is 0.172 e. The maximum atomic E-state index is 4.55. The fourth-order valence-electron chi connectivity index (χ4n) is 2.14. The molecule has 17 heavy (non-hydrogen) atoms. The van der Waals surface area contributed by atoms with Gasteiger partial charge in [-0.3, -0.25) is 5.10 Å². The van der Waals surface area contributed by atoms with Crippen molar-refractivity contribution in [1.82, 2.24) is 25.5 Å². The number of nitrogens with one attached hydrogen (secondary N) is 3. The summed E-state index contributed by atoms with van der Waals surface area (Å²) in [5.74, 6) is 2.28. The summed E-state index contributed by atoms with van der Waals surface area (Å²) < 4.78 is 0. The lowest BCUT2D eigenvalue weighted by Gasteiger charge is -2.19. The van der Waals surface area contributed by atoms with E-state index >= 15 is 0 Å². The molecule has 0 bridgehead atoms. The lowest BCUT2D eigenvalue weighted by Crippen LogP contribution is -2.27. The van der Waals surface area contributed by atoms with E-state index in [1.54, 1.807) is 0 Å². The molecular formula is C11H16ClN5. The predicted molar refractivity (Wildman–Crippen MR) is 68.3 cm³/mol. The fraction of sp³-hybridized carbons (Fsp3) is 0.455. The van der Waals surface area contributed by atoms with Gasteiger partial charge in [-0.05, 0) is 38.1 Å². The molecule has 1 aliphatic rings. The Kier molecular flexibility index (Phi) is 3.81. The first-order valence-electron chi connectivity index (χ1n) is 5.70. The molecule has 0 saturated carbocycles. The molecule has 6 heteroatoms. The highest BCUT2D eigenvalue weighted by molar-refractivity contribution is 5.85. The molecule has 3 rings (SSSR count). The molecule has 1 saturated heterocycles. The van der Waals surface area contributed by atoms with Crippen LogP contribution in [-0.4, -0.2) is 33.3 Å². The van der Waals surface area contributed by atoms with Crippen LogP contribution in [-0.2, 0) is 0 Å². The van der Waals surface area contributed by atoms with Crippen LogP contribution in [0, 0.1) is 0 Å². The van der Waals surface area contributed by atoms with Gasteiger partial charge in [-0.25, -0.2) is 4.98 Å². The summed E-state index contributed by atoms with van der Waals surface area (Å²) in [5.41, 5.74) is 0.993. The van der Waals surface area contributed by atoms with Crippen LogP contribution >= 0.6 is 12.4 Å². The third-order valence-electron chi connectivity index (χ3n) is 3.06. The highest BCUT2D eigenvalue weighted by atomic mass is 35.5. The van der Waals surface area contributed by atoms with Gasteiger partial charge in [0, 0.05) is 12.1 Å². The van der Waals surface area contributed by atoms with E-state index in [0.717, 1.165) is 43.3 Å². The summed E-state index contributed by atoms with van der Waals surface area (Å²) in [6.45, 7) is 2.13. The Hall–Kier alpha value is -1.33. The third-order valence-corrected chi connectivity index (χ3v) is 3.06. The Morgan fingerprint density at radius 2 is 2.06 bits per heavy atom. The minimum Gasteiger partial charge on any atom is -0.359 e. The van der Waals surface area contributed by atoms with Crippen LogP contribution in [0.2, 0.25) is 0 Å². The molecule has 0 atom stereocenters. The maximum absolute atomic E-state index is 4.55. The van der Waals surface area contributed by atoms with Crippen LogP contribution in [0.1, 0.15) is 24.6 Å². The van der Waals surface area contributed by atoms with Crippen LogP contribution in [0.25, 0.3) is 11.5 Å². The third kappa shape index (κ3) is 2.50. The van der Waals surface area contributed by atoms with Crippen molar-refractivity contribution in [2.75, 3.05) is 13.1 Å². The van der Waals surface area contributed by atoms with Crippen molar-refractivity contribution < 1.29 is 0 Å². The van der Waals surface area contributed by atoms with Gasteiger partial charge in [0.2, 0.25) is 0 Å². The quantitative estimate of drug-likeness (QED) is 0.763.